The van der Waals surface area contributed by atoms with Gasteiger partial charge in [0.1, 0.15) is 23.0 Å². The molecule has 3 aromatic carbocycles. The molecule has 1 aliphatic carbocycles. The Kier molecular flexibility index (Phi) is 4.75. The van der Waals surface area contributed by atoms with Crippen molar-refractivity contribution < 1.29 is 29.3 Å². The summed E-state index contributed by atoms with van der Waals surface area (Å²) in [5, 5.41) is 22.2. The lowest BCUT2D eigenvalue weighted by Gasteiger charge is -2.21. The van der Waals surface area contributed by atoms with E-state index in [0.29, 0.717) is 22.6 Å². The molecule has 0 aromatic heterocycles. The molecule has 0 amide bonds. The van der Waals surface area contributed by atoms with E-state index in [1.165, 1.54) is 14.2 Å². The van der Waals surface area contributed by atoms with Crippen molar-refractivity contribution in [3.63, 3.8) is 0 Å². The van der Waals surface area contributed by atoms with Gasteiger partial charge in [-0.2, -0.15) is 0 Å². The summed E-state index contributed by atoms with van der Waals surface area (Å²) in [5.74, 6) is -0.592. The Bertz CT molecular complexity index is 1090. The Morgan fingerprint density at radius 1 is 0.567 bits per heavy atom. The van der Waals surface area contributed by atoms with Gasteiger partial charge in [0, 0.05) is 11.1 Å². The Labute approximate surface area is 172 Å². The van der Waals surface area contributed by atoms with Crippen molar-refractivity contribution in [3.8, 4) is 45.3 Å². The highest BCUT2D eigenvalue weighted by molar-refractivity contribution is 6.26. The predicted molar refractivity (Wildman–Crippen MR) is 112 cm³/mol. The largest absolute Gasteiger partial charge is 0.506 e. The smallest absolute Gasteiger partial charge is 0.190 e. The quantitative estimate of drug-likeness (QED) is 0.629. The molecule has 30 heavy (non-hydrogen) atoms. The van der Waals surface area contributed by atoms with E-state index in [2.05, 4.69) is 0 Å². The maximum Gasteiger partial charge on any atom is 0.190 e. The highest BCUT2D eigenvalue weighted by atomic mass is 16.5. The molecule has 150 valence electrons. The van der Waals surface area contributed by atoms with Gasteiger partial charge in [-0.25, -0.2) is 0 Å². The van der Waals surface area contributed by atoms with Crippen LogP contribution < -0.4 is 9.47 Å². The molecule has 4 rings (SSSR count). The minimum atomic E-state index is -0.548. The Morgan fingerprint density at radius 2 is 0.900 bits per heavy atom. The lowest BCUT2D eigenvalue weighted by molar-refractivity contribution is 0.0989. The molecule has 0 radical (unpaired) electrons. The number of carbonyl (C=O) groups is 2. The van der Waals surface area contributed by atoms with Crippen molar-refractivity contribution in [2.45, 2.75) is 0 Å². The number of phenols is 2. The SMILES string of the molecule is COc1ccc(-c2c(O)c3c(c(O)c2-c2ccc(OC)cc2)C(=O)C=CC3=O)cc1. The van der Waals surface area contributed by atoms with E-state index in [1.807, 2.05) is 0 Å². The molecule has 0 spiro atoms. The number of aromatic hydroxyl groups is 2. The number of hydrogen-bond acceptors (Lipinski definition) is 6. The lowest BCUT2D eigenvalue weighted by Crippen LogP contribution is -2.13. The van der Waals surface area contributed by atoms with Crippen LogP contribution in [0.1, 0.15) is 20.7 Å². The third-order valence-electron chi connectivity index (χ3n) is 5.08. The van der Waals surface area contributed by atoms with Gasteiger partial charge in [-0.05, 0) is 47.5 Å². The molecule has 0 fully saturated rings. The minimum Gasteiger partial charge on any atom is -0.506 e. The van der Waals surface area contributed by atoms with Crippen LogP contribution in [0.2, 0.25) is 0 Å². The number of rotatable bonds is 4. The standard InChI is InChI=1S/C24H18O6/c1-29-15-7-3-13(4-8-15)19-20(14-5-9-16(30-2)10-6-14)24(28)22-18(26)12-11-17(25)21(22)23(19)27/h3-12,27-28H,1-2H3. The normalized spacial score (nSPS) is 12.6. The van der Waals surface area contributed by atoms with E-state index < -0.39 is 11.6 Å². The van der Waals surface area contributed by atoms with Gasteiger partial charge in [-0.1, -0.05) is 24.3 Å². The predicted octanol–water partition coefficient (Wildman–Crippen LogP) is 4.38. The minimum absolute atomic E-state index is 0.205. The van der Waals surface area contributed by atoms with Crippen LogP contribution >= 0.6 is 0 Å². The average Bonchev–Trinajstić information content (AvgIpc) is 2.77. The highest BCUT2D eigenvalue weighted by Gasteiger charge is 2.32. The fourth-order valence-corrected chi connectivity index (χ4v) is 3.60. The van der Waals surface area contributed by atoms with E-state index in [1.54, 1.807) is 48.5 Å². The monoisotopic (exact) mass is 402 g/mol. The Hall–Kier alpha value is -4.06. The number of hydrogen-bond donors (Lipinski definition) is 2. The Morgan fingerprint density at radius 3 is 1.20 bits per heavy atom. The Balaban J connectivity index is 2.08. The van der Waals surface area contributed by atoms with Crippen molar-refractivity contribution in [1.82, 2.24) is 0 Å². The summed E-state index contributed by atoms with van der Waals surface area (Å²) < 4.78 is 10.4. The van der Waals surface area contributed by atoms with E-state index in [0.717, 1.165) is 12.2 Å². The fraction of sp³-hybridized carbons (Fsp3) is 0.0833. The van der Waals surface area contributed by atoms with Crippen LogP contribution in [0.5, 0.6) is 23.0 Å². The third-order valence-corrected chi connectivity index (χ3v) is 5.08. The summed E-state index contributed by atoms with van der Waals surface area (Å²) in [4.78, 5) is 24.9. The molecule has 1 aliphatic rings. The highest BCUT2D eigenvalue weighted by Crippen LogP contribution is 2.50. The van der Waals surface area contributed by atoms with Crippen LogP contribution in [-0.2, 0) is 0 Å². The second-order valence-electron chi connectivity index (χ2n) is 6.72. The molecule has 0 saturated heterocycles. The van der Waals surface area contributed by atoms with Gasteiger partial charge in [0.05, 0.1) is 25.3 Å². The zero-order chi connectivity index (χ0) is 21.4. The fourth-order valence-electron chi connectivity index (χ4n) is 3.60. The summed E-state index contributed by atoms with van der Waals surface area (Å²) in [6.07, 6.45) is 2.18. The molecule has 3 aromatic rings. The van der Waals surface area contributed by atoms with Crippen LogP contribution in [0, 0.1) is 0 Å². The van der Waals surface area contributed by atoms with Crippen molar-refractivity contribution in [3.05, 3.63) is 71.8 Å². The number of ether oxygens (including phenoxy) is 2. The molecule has 0 bridgehead atoms. The van der Waals surface area contributed by atoms with E-state index >= 15 is 0 Å². The van der Waals surface area contributed by atoms with Gasteiger partial charge in [0.15, 0.2) is 11.6 Å². The molecule has 0 atom stereocenters. The maximum atomic E-state index is 12.5. The lowest BCUT2D eigenvalue weighted by atomic mass is 9.83. The number of ketones is 2. The average molecular weight is 402 g/mol. The van der Waals surface area contributed by atoms with Crippen LogP contribution in [0.3, 0.4) is 0 Å². The number of phenolic OH excluding ortho intramolecular Hbond substituents is 2. The van der Waals surface area contributed by atoms with Gasteiger partial charge in [-0.15, -0.1) is 0 Å². The first-order valence-electron chi connectivity index (χ1n) is 9.13. The molecular weight excluding hydrogens is 384 g/mol. The number of benzene rings is 3. The second-order valence-corrected chi connectivity index (χ2v) is 6.72. The zero-order valence-electron chi connectivity index (χ0n) is 16.3. The summed E-state index contributed by atoms with van der Waals surface area (Å²) in [6, 6.07) is 13.6. The number of carbonyl (C=O) groups excluding carboxylic acids is 2. The van der Waals surface area contributed by atoms with Crippen LogP contribution in [0.4, 0.5) is 0 Å². The number of methoxy groups -OCH3 is 2. The van der Waals surface area contributed by atoms with Gasteiger partial charge in [0.25, 0.3) is 0 Å². The van der Waals surface area contributed by atoms with E-state index in [-0.39, 0.29) is 33.8 Å². The first-order valence-corrected chi connectivity index (χ1v) is 9.13. The van der Waals surface area contributed by atoms with Crippen LogP contribution in [0.25, 0.3) is 22.3 Å². The van der Waals surface area contributed by atoms with Gasteiger partial charge in [-0.3, -0.25) is 9.59 Å². The topological polar surface area (TPSA) is 93.1 Å². The molecule has 0 unspecified atom stereocenters. The van der Waals surface area contributed by atoms with E-state index in [4.69, 9.17) is 9.47 Å². The summed E-state index contributed by atoms with van der Waals surface area (Å²) in [6.45, 7) is 0. The zero-order valence-corrected chi connectivity index (χ0v) is 16.3. The van der Waals surface area contributed by atoms with Gasteiger partial charge >= 0.3 is 0 Å². The maximum absolute atomic E-state index is 12.5. The molecule has 0 saturated carbocycles. The molecule has 0 aliphatic heterocycles. The summed E-state index contributed by atoms with van der Waals surface area (Å²) in [7, 11) is 3.08. The molecular formula is C24H18O6. The summed E-state index contributed by atoms with van der Waals surface area (Å²) >= 11 is 0. The van der Waals surface area contributed by atoms with Crippen molar-refractivity contribution in [2.24, 2.45) is 0 Å². The van der Waals surface area contributed by atoms with Crippen LogP contribution in [0.15, 0.2) is 60.7 Å². The van der Waals surface area contributed by atoms with E-state index in [9.17, 15) is 19.8 Å². The molecule has 6 nitrogen and oxygen atoms in total. The molecule has 0 heterocycles. The first kappa shape index (κ1) is 19.3. The van der Waals surface area contributed by atoms with Gasteiger partial charge < -0.3 is 19.7 Å². The summed E-state index contributed by atoms with van der Waals surface area (Å²) in [5.41, 5.74) is 1.18. The third kappa shape index (κ3) is 2.99. The molecule has 2 N–H and O–H groups in total. The van der Waals surface area contributed by atoms with Gasteiger partial charge in [0.2, 0.25) is 0 Å². The van der Waals surface area contributed by atoms with Crippen molar-refractivity contribution >= 4 is 11.6 Å². The number of fused-ring (bicyclic) bond motifs is 1. The van der Waals surface area contributed by atoms with Crippen molar-refractivity contribution in [1.29, 1.82) is 0 Å². The first-order chi connectivity index (χ1) is 14.5. The van der Waals surface area contributed by atoms with Crippen LogP contribution in [-0.4, -0.2) is 36.0 Å². The molecule has 6 heteroatoms. The second kappa shape index (κ2) is 7.40. The number of allylic oxidation sites excluding steroid dienone is 2. The van der Waals surface area contributed by atoms with Crippen molar-refractivity contribution in [2.75, 3.05) is 14.2 Å².